The lowest BCUT2D eigenvalue weighted by Crippen LogP contribution is -2.71. The molecule has 1 saturated heterocycles. The summed E-state index contributed by atoms with van der Waals surface area (Å²) in [4.78, 5) is 57.9. The third kappa shape index (κ3) is 3.64. The van der Waals surface area contributed by atoms with Crippen LogP contribution in [0.25, 0.3) is 0 Å². The van der Waals surface area contributed by atoms with Crippen molar-refractivity contribution < 1.29 is 33.9 Å². The standard InChI is InChI=1S/C14H17N3O8S/c1-3-8(17(23)24)11(19)15-9-12(20)16-10(14(21)22)7(4-25-6(2)18)5-26-13(9)16/h8-9,13H,3-5H2,1-2H3,(H,15,19)(H,21,22)/t8?,9?,13-/m0/s1. The molecule has 0 radical (unpaired) electrons. The third-order valence-corrected chi connectivity index (χ3v) is 5.28. The number of nitrogens with zero attached hydrogens (tertiary/aromatic N) is 2. The molecule has 0 spiro atoms. The predicted octanol–water partition coefficient (Wildman–Crippen LogP) is -0.657. The lowest BCUT2D eigenvalue weighted by atomic mass is 10.0. The van der Waals surface area contributed by atoms with E-state index in [2.05, 4.69) is 5.32 Å². The summed E-state index contributed by atoms with van der Waals surface area (Å²) in [6, 6.07) is -2.51. The molecule has 2 unspecified atom stereocenters. The zero-order valence-electron chi connectivity index (χ0n) is 14.0. The summed E-state index contributed by atoms with van der Waals surface area (Å²) in [5, 5.41) is 21.9. The Labute approximate surface area is 151 Å². The van der Waals surface area contributed by atoms with Crippen LogP contribution in [-0.2, 0) is 23.9 Å². The second-order valence-corrected chi connectivity index (χ2v) is 6.75. The van der Waals surface area contributed by atoms with Gasteiger partial charge in [0.05, 0.1) is 0 Å². The number of carbonyl (C=O) groups excluding carboxylic acids is 3. The van der Waals surface area contributed by atoms with Crippen LogP contribution in [0.4, 0.5) is 0 Å². The molecule has 142 valence electrons. The highest BCUT2D eigenvalue weighted by Gasteiger charge is 2.55. The molecular formula is C14H17N3O8S. The van der Waals surface area contributed by atoms with Crippen LogP contribution in [0.1, 0.15) is 20.3 Å². The van der Waals surface area contributed by atoms with Crippen molar-refractivity contribution >= 4 is 35.5 Å². The van der Waals surface area contributed by atoms with Crippen LogP contribution >= 0.6 is 11.8 Å². The second-order valence-electron chi connectivity index (χ2n) is 5.64. The third-order valence-electron chi connectivity index (χ3n) is 3.94. The summed E-state index contributed by atoms with van der Waals surface area (Å²) in [7, 11) is 0. The number of hydrogen-bond acceptors (Lipinski definition) is 8. The Bertz CT molecular complexity index is 706. The van der Waals surface area contributed by atoms with E-state index in [9.17, 15) is 34.4 Å². The van der Waals surface area contributed by atoms with Gasteiger partial charge in [-0.2, -0.15) is 0 Å². The van der Waals surface area contributed by atoms with Gasteiger partial charge in [0.25, 0.3) is 17.9 Å². The number of rotatable bonds is 7. The molecular weight excluding hydrogens is 370 g/mol. The Morgan fingerprint density at radius 3 is 2.65 bits per heavy atom. The maximum absolute atomic E-state index is 12.3. The molecule has 0 aromatic heterocycles. The van der Waals surface area contributed by atoms with Crippen molar-refractivity contribution in [2.75, 3.05) is 12.4 Å². The van der Waals surface area contributed by atoms with Gasteiger partial charge in [-0.3, -0.25) is 29.4 Å². The van der Waals surface area contributed by atoms with Gasteiger partial charge in [-0.05, 0) is 0 Å². The van der Waals surface area contributed by atoms with Crippen molar-refractivity contribution in [1.29, 1.82) is 0 Å². The first-order valence-corrected chi connectivity index (χ1v) is 8.71. The van der Waals surface area contributed by atoms with Gasteiger partial charge in [-0.15, -0.1) is 11.8 Å². The minimum Gasteiger partial charge on any atom is -0.477 e. The molecule has 26 heavy (non-hydrogen) atoms. The smallest absolute Gasteiger partial charge is 0.352 e. The summed E-state index contributed by atoms with van der Waals surface area (Å²) >= 11 is 1.18. The van der Waals surface area contributed by atoms with Gasteiger partial charge in [0.2, 0.25) is 0 Å². The maximum atomic E-state index is 12.3. The van der Waals surface area contributed by atoms with E-state index in [1.54, 1.807) is 0 Å². The Morgan fingerprint density at radius 2 is 2.15 bits per heavy atom. The number of amides is 2. The second kappa shape index (κ2) is 7.72. The van der Waals surface area contributed by atoms with Crippen LogP contribution in [0.2, 0.25) is 0 Å². The highest BCUT2D eigenvalue weighted by molar-refractivity contribution is 8.00. The van der Waals surface area contributed by atoms with Gasteiger partial charge < -0.3 is 15.2 Å². The van der Waals surface area contributed by atoms with E-state index in [1.807, 2.05) is 0 Å². The number of nitrogens with one attached hydrogen (secondary N) is 1. The van der Waals surface area contributed by atoms with E-state index in [1.165, 1.54) is 25.6 Å². The first-order valence-electron chi connectivity index (χ1n) is 7.66. The molecule has 0 saturated carbocycles. The van der Waals surface area contributed by atoms with Crippen molar-refractivity contribution in [2.24, 2.45) is 0 Å². The molecule has 12 heteroatoms. The number of carboxylic acid groups (broad SMARTS) is 1. The van der Waals surface area contributed by atoms with Gasteiger partial charge in [0.1, 0.15) is 23.7 Å². The number of carbonyl (C=O) groups is 4. The molecule has 2 rings (SSSR count). The number of β-lactam (4-membered cyclic amide) rings is 1. The fourth-order valence-electron chi connectivity index (χ4n) is 2.66. The monoisotopic (exact) mass is 387 g/mol. The van der Waals surface area contributed by atoms with Crippen LogP contribution in [0.15, 0.2) is 11.3 Å². The number of carboxylic acids is 1. The van der Waals surface area contributed by atoms with Crippen LogP contribution in [0, 0.1) is 10.1 Å². The molecule has 2 aliphatic rings. The maximum Gasteiger partial charge on any atom is 0.352 e. The molecule has 2 heterocycles. The van der Waals surface area contributed by atoms with Crippen LogP contribution in [-0.4, -0.2) is 68.5 Å². The Morgan fingerprint density at radius 1 is 1.50 bits per heavy atom. The van der Waals surface area contributed by atoms with E-state index in [0.29, 0.717) is 0 Å². The molecule has 0 bridgehead atoms. The summed E-state index contributed by atoms with van der Waals surface area (Å²) < 4.78 is 4.81. The van der Waals surface area contributed by atoms with Crippen molar-refractivity contribution in [3.05, 3.63) is 21.4 Å². The number of ether oxygens (including phenoxy) is 1. The highest BCUT2D eigenvalue weighted by atomic mass is 32.2. The first kappa shape index (κ1) is 19.7. The number of nitro groups is 1. The average molecular weight is 387 g/mol. The Balaban J connectivity index is 2.16. The molecule has 0 aromatic carbocycles. The Hall–Kier alpha value is -2.63. The number of fused-ring (bicyclic) bond motifs is 1. The first-order chi connectivity index (χ1) is 12.2. The van der Waals surface area contributed by atoms with Crippen molar-refractivity contribution in [3.63, 3.8) is 0 Å². The fraction of sp³-hybridized carbons (Fsp3) is 0.571. The topological polar surface area (TPSA) is 156 Å². The zero-order chi connectivity index (χ0) is 19.6. The van der Waals surface area contributed by atoms with Crippen molar-refractivity contribution in [3.8, 4) is 0 Å². The molecule has 11 nitrogen and oxygen atoms in total. The van der Waals surface area contributed by atoms with Gasteiger partial charge in [0.15, 0.2) is 0 Å². The van der Waals surface area contributed by atoms with Gasteiger partial charge in [-0.1, -0.05) is 6.92 Å². The zero-order valence-corrected chi connectivity index (χ0v) is 14.8. The molecule has 2 aliphatic heterocycles. The normalized spacial score (nSPS) is 22.8. The lowest BCUT2D eigenvalue weighted by Gasteiger charge is -2.49. The van der Waals surface area contributed by atoms with Crippen LogP contribution in [0.5, 0.6) is 0 Å². The summed E-state index contributed by atoms with van der Waals surface area (Å²) in [5.41, 5.74) is -0.0179. The van der Waals surface area contributed by atoms with Crippen LogP contribution in [0.3, 0.4) is 0 Å². The SMILES string of the molecule is CCC(C(=O)NC1C(=O)N2C(C(=O)O)=C(COC(C)=O)CS[C@@H]12)[N+](=O)[O-]. The number of esters is 1. The van der Waals surface area contributed by atoms with Crippen LogP contribution < -0.4 is 5.32 Å². The molecule has 1 fully saturated rings. The van der Waals surface area contributed by atoms with E-state index >= 15 is 0 Å². The number of thioether (sulfide) groups is 1. The van der Waals surface area contributed by atoms with Gasteiger partial charge >= 0.3 is 11.9 Å². The largest absolute Gasteiger partial charge is 0.477 e. The molecule has 0 aromatic rings. The van der Waals surface area contributed by atoms with Gasteiger partial charge in [-0.25, -0.2) is 4.79 Å². The molecule has 3 atom stereocenters. The van der Waals surface area contributed by atoms with E-state index in [-0.39, 0.29) is 30.1 Å². The molecule has 2 amide bonds. The molecule has 0 aliphatic carbocycles. The van der Waals surface area contributed by atoms with Crippen molar-refractivity contribution in [1.82, 2.24) is 10.2 Å². The summed E-state index contributed by atoms with van der Waals surface area (Å²) in [6.07, 6.45) is -0.0337. The summed E-state index contributed by atoms with van der Waals surface area (Å²) in [5.74, 6) is -3.32. The predicted molar refractivity (Wildman–Crippen MR) is 87.4 cm³/mol. The molecule has 2 N–H and O–H groups in total. The lowest BCUT2D eigenvalue weighted by molar-refractivity contribution is -0.508. The van der Waals surface area contributed by atoms with E-state index in [0.717, 1.165) is 4.90 Å². The van der Waals surface area contributed by atoms with Gasteiger partial charge in [0, 0.05) is 29.6 Å². The van der Waals surface area contributed by atoms with Crippen molar-refractivity contribution in [2.45, 2.75) is 37.7 Å². The number of hydrogen-bond donors (Lipinski definition) is 2. The van der Waals surface area contributed by atoms with E-state index in [4.69, 9.17) is 4.74 Å². The minimum absolute atomic E-state index is 0.0337. The fourth-order valence-corrected chi connectivity index (χ4v) is 3.99. The minimum atomic E-state index is -1.47. The average Bonchev–Trinajstić information content (AvgIpc) is 2.56. The highest BCUT2D eigenvalue weighted by Crippen LogP contribution is 2.40. The van der Waals surface area contributed by atoms with E-state index < -0.39 is 46.1 Å². The quantitative estimate of drug-likeness (QED) is 0.250. The number of aliphatic carboxylic acids is 1. The summed E-state index contributed by atoms with van der Waals surface area (Å²) in [6.45, 7) is 2.40. The Kier molecular flexibility index (Phi) is 5.85.